The van der Waals surface area contributed by atoms with E-state index in [4.69, 9.17) is 4.74 Å². The summed E-state index contributed by atoms with van der Waals surface area (Å²) in [6.07, 6.45) is 1.94. The Morgan fingerprint density at radius 3 is 2.66 bits per heavy atom. The van der Waals surface area contributed by atoms with Crippen LogP contribution in [0.4, 0.5) is 5.13 Å². The molecule has 32 heavy (non-hydrogen) atoms. The Morgan fingerprint density at radius 2 is 1.94 bits per heavy atom. The Bertz CT molecular complexity index is 1190. The first-order chi connectivity index (χ1) is 15.5. The van der Waals surface area contributed by atoms with Crippen LogP contribution >= 0.6 is 23.3 Å². The second-order valence-corrected chi connectivity index (χ2v) is 10.3. The third-order valence-electron chi connectivity index (χ3n) is 4.93. The molecule has 168 valence electrons. The molecule has 0 unspecified atom stereocenters. The van der Waals surface area contributed by atoms with Crippen molar-refractivity contribution in [3.8, 4) is 11.1 Å². The van der Waals surface area contributed by atoms with E-state index in [2.05, 4.69) is 14.1 Å². The molecule has 0 radical (unpaired) electrons. The van der Waals surface area contributed by atoms with E-state index >= 15 is 0 Å². The van der Waals surface area contributed by atoms with Crippen molar-refractivity contribution in [2.24, 2.45) is 0 Å². The summed E-state index contributed by atoms with van der Waals surface area (Å²) in [6.45, 7) is 2.11. The molecule has 2 aromatic carbocycles. The van der Waals surface area contributed by atoms with Crippen molar-refractivity contribution < 1.29 is 17.9 Å². The predicted octanol–water partition coefficient (Wildman–Crippen LogP) is 3.13. The number of morpholine rings is 1. The number of hydrogen-bond acceptors (Lipinski definition) is 8. The van der Waals surface area contributed by atoms with Crippen molar-refractivity contribution in [3.63, 3.8) is 0 Å². The maximum Gasteiger partial charge on any atom is 0.263 e. The first-order valence-corrected chi connectivity index (χ1v) is 13.4. The summed E-state index contributed by atoms with van der Waals surface area (Å²) in [4.78, 5) is 19.3. The van der Waals surface area contributed by atoms with Gasteiger partial charge in [-0.05, 0) is 29.5 Å². The van der Waals surface area contributed by atoms with Gasteiger partial charge in [0.15, 0.2) is 5.82 Å². The quantitative estimate of drug-likeness (QED) is 0.508. The van der Waals surface area contributed by atoms with Crippen molar-refractivity contribution in [1.82, 2.24) is 14.3 Å². The van der Waals surface area contributed by atoms with E-state index in [0.717, 1.165) is 27.6 Å². The highest BCUT2D eigenvalue weighted by Crippen LogP contribution is 2.32. The molecule has 1 aromatic heterocycles. The first-order valence-electron chi connectivity index (χ1n) is 9.90. The minimum atomic E-state index is -3.85. The SMILES string of the molecule is CSc1cc(S(=O)(=O)Nc2nc(CC(=O)N3CCOCC3)ns2)ccc1-c1ccccc1. The fourth-order valence-electron chi connectivity index (χ4n) is 3.30. The Morgan fingerprint density at radius 1 is 1.19 bits per heavy atom. The van der Waals surface area contributed by atoms with Gasteiger partial charge in [0.2, 0.25) is 11.0 Å². The molecule has 0 spiro atoms. The van der Waals surface area contributed by atoms with Crippen molar-refractivity contribution >= 4 is 44.4 Å². The monoisotopic (exact) mass is 490 g/mol. The maximum atomic E-state index is 12.9. The molecule has 2 heterocycles. The molecule has 3 aromatic rings. The summed E-state index contributed by atoms with van der Waals surface area (Å²) in [5, 5.41) is 0.132. The van der Waals surface area contributed by atoms with Crippen LogP contribution in [0, 0.1) is 0 Å². The van der Waals surface area contributed by atoms with Gasteiger partial charge in [-0.1, -0.05) is 36.4 Å². The van der Waals surface area contributed by atoms with E-state index in [9.17, 15) is 13.2 Å². The number of ether oxygens (including phenoxy) is 1. The summed E-state index contributed by atoms with van der Waals surface area (Å²) in [5.74, 6) is 0.204. The minimum absolute atomic E-state index is 0.0284. The third kappa shape index (κ3) is 5.29. The number of amides is 1. The minimum Gasteiger partial charge on any atom is -0.378 e. The number of carbonyl (C=O) groups is 1. The number of nitrogens with one attached hydrogen (secondary N) is 1. The van der Waals surface area contributed by atoms with Crippen LogP contribution in [0.1, 0.15) is 5.82 Å². The van der Waals surface area contributed by atoms with Gasteiger partial charge in [0.1, 0.15) is 0 Å². The van der Waals surface area contributed by atoms with Gasteiger partial charge in [0.05, 0.1) is 24.5 Å². The standard InChI is InChI=1S/C21H22N4O4S3/c1-30-18-13-16(7-8-17(18)15-5-3-2-4-6-15)32(27,28)24-21-22-19(23-31-21)14-20(26)25-9-11-29-12-10-25/h2-8,13H,9-12,14H2,1H3,(H,22,23,24). The molecule has 0 saturated carbocycles. The molecule has 1 N–H and O–H groups in total. The molecule has 1 aliphatic rings. The van der Waals surface area contributed by atoms with E-state index in [1.54, 1.807) is 17.0 Å². The number of hydrogen-bond donors (Lipinski definition) is 1. The highest BCUT2D eigenvalue weighted by atomic mass is 32.2. The lowest BCUT2D eigenvalue weighted by atomic mass is 10.1. The van der Waals surface area contributed by atoms with Gasteiger partial charge in [0, 0.05) is 29.5 Å². The number of benzene rings is 2. The average Bonchev–Trinajstić information content (AvgIpc) is 3.25. The molecule has 0 aliphatic carbocycles. The smallest absolute Gasteiger partial charge is 0.263 e. The Kier molecular flexibility index (Phi) is 7.09. The summed E-state index contributed by atoms with van der Waals surface area (Å²) in [7, 11) is -3.85. The second kappa shape index (κ2) is 9.99. The number of sulfonamides is 1. The van der Waals surface area contributed by atoms with Gasteiger partial charge >= 0.3 is 0 Å². The predicted molar refractivity (Wildman–Crippen MR) is 125 cm³/mol. The van der Waals surface area contributed by atoms with Gasteiger partial charge < -0.3 is 9.64 Å². The molecule has 1 amide bonds. The first kappa shape index (κ1) is 22.7. The lowest BCUT2D eigenvalue weighted by Crippen LogP contribution is -2.41. The molecular weight excluding hydrogens is 468 g/mol. The fourth-order valence-corrected chi connectivity index (χ4v) is 5.86. The molecule has 1 aliphatic heterocycles. The van der Waals surface area contributed by atoms with Crippen LogP contribution in [0.3, 0.4) is 0 Å². The van der Waals surface area contributed by atoms with Crippen LogP contribution in [0.15, 0.2) is 58.3 Å². The molecule has 11 heteroatoms. The van der Waals surface area contributed by atoms with Crippen molar-refractivity contribution in [2.45, 2.75) is 16.2 Å². The van der Waals surface area contributed by atoms with Crippen molar-refractivity contribution in [3.05, 3.63) is 54.4 Å². The molecule has 4 rings (SSSR count). The van der Waals surface area contributed by atoms with Gasteiger partial charge in [-0.15, -0.1) is 11.8 Å². The highest BCUT2D eigenvalue weighted by molar-refractivity contribution is 7.98. The number of carbonyl (C=O) groups excluding carboxylic acids is 1. The number of aromatic nitrogens is 2. The molecule has 8 nitrogen and oxygen atoms in total. The van der Waals surface area contributed by atoms with Gasteiger partial charge in [0.25, 0.3) is 10.0 Å². The van der Waals surface area contributed by atoms with Crippen LogP contribution in [-0.2, 0) is 26.0 Å². The van der Waals surface area contributed by atoms with Crippen LogP contribution in [0.2, 0.25) is 0 Å². The van der Waals surface area contributed by atoms with Crippen LogP contribution in [0.25, 0.3) is 11.1 Å². The molecule has 1 saturated heterocycles. The zero-order chi connectivity index (χ0) is 22.6. The van der Waals surface area contributed by atoms with E-state index in [1.807, 2.05) is 42.7 Å². The van der Waals surface area contributed by atoms with Gasteiger partial charge in [-0.2, -0.15) is 4.37 Å². The second-order valence-electron chi connectivity index (χ2n) is 7.02. The van der Waals surface area contributed by atoms with Crippen LogP contribution in [0.5, 0.6) is 0 Å². The summed E-state index contributed by atoms with van der Waals surface area (Å²) in [5.41, 5.74) is 1.99. The van der Waals surface area contributed by atoms with Crippen molar-refractivity contribution in [2.75, 3.05) is 37.3 Å². The molecular formula is C21H22N4O4S3. The summed E-state index contributed by atoms with van der Waals surface area (Å²) < 4.78 is 37.7. The number of thioether (sulfide) groups is 1. The van der Waals surface area contributed by atoms with E-state index in [0.29, 0.717) is 32.1 Å². The largest absolute Gasteiger partial charge is 0.378 e. The Labute approximate surface area is 195 Å². The normalized spacial score (nSPS) is 14.3. The summed E-state index contributed by atoms with van der Waals surface area (Å²) >= 11 is 2.40. The van der Waals surface area contributed by atoms with Crippen LogP contribution < -0.4 is 4.72 Å². The Hall–Kier alpha value is -2.47. The van der Waals surface area contributed by atoms with E-state index in [1.165, 1.54) is 11.8 Å². The zero-order valence-electron chi connectivity index (χ0n) is 17.4. The van der Waals surface area contributed by atoms with Crippen molar-refractivity contribution in [1.29, 1.82) is 0 Å². The number of anilines is 1. The maximum absolute atomic E-state index is 12.9. The molecule has 1 fully saturated rings. The highest BCUT2D eigenvalue weighted by Gasteiger charge is 2.22. The molecule has 0 bridgehead atoms. The summed E-state index contributed by atoms with van der Waals surface area (Å²) in [6, 6.07) is 14.8. The van der Waals surface area contributed by atoms with Gasteiger partial charge in [-0.3, -0.25) is 9.52 Å². The molecule has 0 atom stereocenters. The van der Waals surface area contributed by atoms with E-state index in [-0.39, 0.29) is 22.4 Å². The lowest BCUT2D eigenvalue weighted by Gasteiger charge is -2.26. The number of rotatable bonds is 7. The average molecular weight is 491 g/mol. The van der Waals surface area contributed by atoms with E-state index < -0.39 is 10.0 Å². The van der Waals surface area contributed by atoms with Gasteiger partial charge in [-0.25, -0.2) is 13.4 Å². The zero-order valence-corrected chi connectivity index (χ0v) is 19.8. The Balaban J connectivity index is 1.48. The number of nitrogens with zero attached hydrogens (tertiary/aromatic N) is 3. The lowest BCUT2D eigenvalue weighted by molar-refractivity contribution is -0.134. The topological polar surface area (TPSA) is 101 Å². The van der Waals surface area contributed by atoms with Crippen LogP contribution in [-0.4, -0.2) is 61.1 Å². The fraction of sp³-hybridized carbons (Fsp3) is 0.286. The third-order valence-corrected chi connectivity index (χ3v) is 7.84.